The second kappa shape index (κ2) is 4.68. The number of hydrogen-bond acceptors (Lipinski definition) is 6. The first-order valence-electron chi connectivity index (χ1n) is 5.64. The summed E-state index contributed by atoms with van der Waals surface area (Å²) >= 11 is 0. The van der Waals surface area contributed by atoms with Crippen LogP contribution in [0.4, 0.5) is 5.69 Å². The molecule has 1 aliphatic heterocycles. The Bertz CT molecular complexity index is 694. The van der Waals surface area contributed by atoms with Crippen molar-refractivity contribution < 1.29 is 21.6 Å². The highest BCUT2D eigenvalue weighted by Gasteiger charge is 2.38. The van der Waals surface area contributed by atoms with Crippen molar-refractivity contribution in [1.82, 2.24) is 0 Å². The van der Waals surface area contributed by atoms with Crippen molar-refractivity contribution in [1.29, 1.82) is 0 Å². The van der Waals surface area contributed by atoms with Gasteiger partial charge in [-0.15, -0.1) is 0 Å². The van der Waals surface area contributed by atoms with Crippen LogP contribution in [0.15, 0.2) is 23.1 Å². The lowest BCUT2D eigenvalue weighted by Gasteiger charge is -2.12. The Hall–Kier alpha value is -1.28. The summed E-state index contributed by atoms with van der Waals surface area (Å²) in [5.74, 6) is -0.0120. The van der Waals surface area contributed by atoms with Crippen LogP contribution in [-0.4, -0.2) is 40.7 Å². The van der Waals surface area contributed by atoms with Gasteiger partial charge in [0, 0.05) is 0 Å². The Morgan fingerprint density at radius 2 is 2.05 bits per heavy atom. The van der Waals surface area contributed by atoms with Crippen molar-refractivity contribution in [2.45, 2.75) is 16.6 Å². The molecule has 1 heterocycles. The molecule has 0 aromatic heterocycles. The lowest BCUT2D eigenvalue weighted by molar-refractivity contribution is 0.416. The average molecular weight is 305 g/mol. The number of nitrogen functional groups attached to an aromatic ring is 1. The smallest absolute Gasteiger partial charge is 0.182 e. The van der Waals surface area contributed by atoms with E-state index in [4.69, 9.17) is 10.5 Å². The van der Waals surface area contributed by atoms with E-state index in [1.807, 2.05) is 0 Å². The molecule has 0 saturated carbocycles. The third kappa shape index (κ3) is 2.69. The molecule has 2 N–H and O–H groups in total. The van der Waals surface area contributed by atoms with Crippen molar-refractivity contribution in [2.75, 3.05) is 24.3 Å². The summed E-state index contributed by atoms with van der Waals surface area (Å²) in [6.45, 7) is 0. The van der Waals surface area contributed by atoms with Gasteiger partial charge in [0.25, 0.3) is 0 Å². The first kappa shape index (κ1) is 14.1. The Morgan fingerprint density at radius 3 is 2.53 bits per heavy atom. The van der Waals surface area contributed by atoms with Gasteiger partial charge in [0.1, 0.15) is 5.75 Å². The van der Waals surface area contributed by atoms with E-state index < -0.39 is 24.9 Å². The summed E-state index contributed by atoms with van der Waals surface area (Å²) in [5, 5.41) is -0.884. The zero-order chi connectivity index (χ0) is 14.3. The fourth-order valence-electron chi connectivity index (χ4n) is 2.09. The number of ether oxygens (including phenoxy) is 1. The normalized spacial score (nSPS) is 22.3. The molecule has 1 saturated heterocycles. The van der Waals surface area contributed by atoms with Crippen LogP contribution in [0.2, 0.25) is 0 Å². The van der Waals surface area contributed by atoms with E-state index >= 15 is 0 Å². The molecule has 1 fully saturated rings. The van der Waals surface area contributed by atoms with Crippen LogP contribution in [0.1, 0.15) is 6.42 Å². The van der Waals surface area contributed by atoms with E-state index in [1.54, 1.807) is 0 Å². The lowest BCUT2D eigenvalue weighted by Crippen LogP contribution is -2.22. The van der Waals surface area contributed by atoms with Crippen LogP contribution >= 0.6 is 0 Å². The Kier molecular flexibility index (Phi) is 3.48. The van der Waals surface area contributed by atoms with E-state index in [1.165, 1.54) is 25.3 Å². The number of hydrogen-bond donors (Lipinski definition) is 1. The monoisotopic (exact) mass is 305 g/mol. The van der Waals surface area contributed by atoms with Crippen LogP contribution in [0.3, 0.4) is 0 Å². The molecule has 2 rings (SSSR count). The topological polar surface area (TPSA) is 104 Å². The Balaban J connectivity index is 2.38. The van der Waals surface area contributed by atoms with Gasteiger partial charge in [0.15, 0.2) is 19.7 Å². The molecule has 19 heavy (non-hydrogen) atoms. The third-order valence-corrected chi connectivity index (χ3v) is 7.33. The molecule has 1 atom stereocenters. The molecule has 106 valence electrons. The first-order valence-corrected chi connectivity index (χ1v) is 9.01. The molecular formula is C11H15NO5S2. The van der Waals surface area contributed by atoms with Crippen LogP contribution in [0.5, 0.6) is 5.75 Å². The van der Waals surface area contributed by atoms with E-state index in [0.717, 1.165) is 0 Å². The van der Waals surface area contributed by atoms with E-state index in [2.05, 4.69) is 0 Å². The molecule has 0 bridgehead atoms. The van der Waals surface area contributed by atoms with Crippen LogP contribution in [0.25, 0.3) is 0 Å². The summed E-state index contributed by atoms with van der Waals surface area (Å²) in [5.41, 5.74) is 5.89. The molecular weight excluding hydrogens is 290 g/mol. The molecule has 1 unspecified atom stereocenters. The predicted molar refractivity (Wildman–Crippen MR) is 71.7 cm³/mol. The predicted octanol–water partition coefficient (Wildman–Crippen LogP) is 0.238. The number of nitrogens with two attached hydrogens (primary N) is 1. The van der Waals surface area contributed by atoms with Crippen molar-refractivity contribution in [3.63, 3.8) is 0 Å². The lowest BCUT2D eigenvalue weighted by atomic mass is 10.3. The number of benzene rings is 1. The SMILES string of the molecule is COc1ccc(S(=O)(=O)C2CCS(=O)(=O)C2)cc1N. The molecule has 6 nitrogen and oxygen atoms in total. The molecule has 1 aromatic rings. The summed E-state index contributed by atoms with van der Waals surface area (Å²) in [7, 11) is -5.48. The van der Waals surface area contributed by atoms with Crippen LogP contribution in [0, 0.1) is 0 Å². The van der Waals surface area contributed by atoms with Gasteiger partial charge in [0.05, 0.1) is 34.4 Å². The molecule has 1 aromatic carbocycles. The van der Waals surface area contributed by atoms with Crippen molar-refractivity contribution in [3.8, 4) is 5.75 Å². The van der Waals surface area contributed by atoms with Gasteiger partial charge in [-0.25, -0.2) is 16.8 Å². The molecule has 0 aliphatic carbocycles. The summed E-state index contributed by atoms with van der Waals surface area (Å²) < 4.78 is 52.3. The van der Waals surface area contributed by atoms with Crippen molar-refractivity contribution >= 4 is 25.4 Å². The highest BCUT2D eigenvalue weighted by atomic mass is 32.2. The van der Waals surface area contributed by atoms with Gasteiger partial charge < -0.3 is 10.5 Å². The van der Waals surface area contributed by atoms with Gasteiger partial charge in [-0.3, -0.25) is 0 Å². The maximum atomic E-state index is 12.3. The molecule has 1 aliphatic rings. The number of anilines is 1. The minimum atomic E-state index is -3.67. The zero-order valence-electron chi connectivity index (χ0n) is 10.4. The second-order valence-corrected chi connectivity index (χ2v) is 8.93. The molecule has 0 spiro atoms. The summed E-state index contributed by atoms with van der Waals surface area (Å²) in [6.07, 6.45) is 0.136. The van der Waals surface area contributed by atoms with Crippen LogP contribution < -0.4 is 10.5 Å². The van der Waals surface area contributed by atoms with E-state index in [-0.39, 0.29) is 28.5 Å². The molecule has 0 radical (unpaired) electrons. The van der Waals surface area contributed by atoms with Gasteiger partial charge in [-0.2, -0.15) is 0 Å². The van der Waals surface area contributed by atoms with Crippen molar-refractivity contribution in [3.05, 3.63) is 18.2 Å². The standard InChI is InChI=1S/C11H15NO5S2/c1-17-11-3-2-8(6-10(11)12)19(15,16)9-4-5-18(13,14)7-9/h2-3,6,9H,4-5,7,12H2,1H3. The largest absolute Gasteiger partial charge is 0.495 e. The van der Waals surface area contributed by atoms with Crippen molar-refractivity contribution in [2.24, 2.45) is 0 Å². The quantitative estimate of drug-likeness (QED) is 0.802. The highest BCUT2D eigenvalue weighted by molar-refractivity contribution is 7.96. The summed E-state index contributed by atoms with van der Waals surface area (Å²) in [6, 6.07) is 4.15. The molecule has 0 amide bonds. The van der Waals surface area contributed by atoms with E-state index in [0.29, 0.717) is 5.75 Å². The minimum absolute atomic E-state index is 0.0351. The fraction of sp³-hybridized carbons (Fsp3) is 0.455. The van der Waals surface area contributed by atoms with Crippen LogP contribution in [-0.2, 0) is 19.7 Å². The zero-order valence-corrected chi connectivity index (χ0v) is 12.0. The molecule has 8 heteroatoms. The fourth-order valence-corrected chi connectivity index (χ4v) is 6.48. The Morgan fingerprint density at radius 1 is 1.37 bits per heavy atom. The average Bonchev–Trinajstić information content (AvgIpc) is 2.70. The number of methoxy groups -OCH3 is 1. The second-order valence-electron chi connectivity index (χ2n) is 4.47. The maximum absolute atomic E-state index is 12.3. The van der Waals surface area contributed by atoms with Gasteiger partial charge >= 0.3 is 0 Å². The highest BCUT2D eigenvalue weighted by Crippen LogP contribution is 2.29. The maximum Gasteiger partial charge on any atom is 0.182 e. The van der Waals surface area contributed by atoms with Gasteiger partial charge in [-0.1, -0.05) is 0 Å². The number of sulfone groups is 2. The minimum Gasteiger partial charge on any atom is -0.495 e. The number of rotatable bonds is 3. The third-order valence-electron chi connectivity index (χ3n) is 3.16. The Labute approximate surface area is 112 Å². The van der Waals surface area contributed by atoms with E-state index in [9.17, 15) is 16.8 Å². The summed E-state index contributed by atoms with van der Waals surface area (Å²) in [4.78, 5) is 0.0351. The van der Waals surface area contributed by atoms with Gasteiger partial charge in [0.2, 0.25) is 0 Å². The van der Waals surface area contributed by atoms with Gasteiger partial charge in [-0.05, 0) is 24.6 Å². The first-order chi connectivity index (χ1) is 8.76.